The van der Waals surface area contributed by atoms with Gasteiger partial charge in [-0.25, -0.2) is 4.79 Å². The van der Waals surface area contributed by atoms with Crippen molar-refractivity contribution in [2.75, 3.05) is 7.11 Å². The van der Waals surface area contributed by atoms with Crippen molar-refractivity contribution in [1.82, 2.24) is 0 Å². The molecule has 0 saturated carbocycles. The number of allylic oxidation sites excluding steroid dienone is 3. The summed E-state index contributed by atoms with van der Waals surface area (Å²) in [5, 5.41) is 0. The molecular formula is C17H26O3. The first-order valence-electron chi connectivity index (χ1n) is 7.68. The van der Waals surface area contributed by atoms with Gasteiger partial charge in [0.15, 0.2) is 5.78 Å². The molecule has 0 saturated heterocycles. The summed E-state index contributed by atoms with van der Waals surface area (Å²) in [5.74, 6) is -0.384. The van der Waals surface area contributed by atoms with E-state index in [-0.39, 0.29) is 11.7 Å². The van der Waals surface area contributed by atoms with Crippen LogP contribution in [0.25, 0.3) is 0 Å². The number of carbonyl (C=O) groups excluding carboxylic acids is 2. The van der Waals surface area contributed by atoms with E-state index in [0.29, 0.717) is 0 Å². The van der Waals surface area contributed by atoms with Crippen LogP contribution in [-0.2, 0) is 14.3 Å². The monoisotopic (exact) mass is 278 g/mol. The van der Waals surface area contributed by atoms with Crippen LogP contribution in [-0.4, -0.2) is 18.9 Å². The Hall–Kier alpha value is -1.38. The fourth-order valence-electron chi connectivity index (χ4n) is 2.46. The van der Waals surface area contributed by atoms with E-state index in [2.05, 4.69) is 11.7 Å². The summed E-state index contributed by atoms with van der Waals surface area (Å²) < 4.78 is 4.53. The highest BCUT2D eigenvalue weighted by molar-refractivity contribution is 6.01. The summed E-state index contributed by atoms with van der Waals surface area (Å²) in [6, 6.07) is 0. The van der Waals surface area contributed by atoms with Crippen LogP contribution in [0, 0.1) is 5.92 Å². The number of rotatable bonds is 9. The SMILES string of the molecule is CCCCCCCCC1=CC[C@H](/C=C/C(=O)OC)C1=O. The maximum absolute atomic E-state index is 12.1. The Morgan fingerprint density at radius 2 is 2.00 bits per heavy atom. The quantitative estimate of drug-likeness (QED) is 0.364. The van der Waals surface area contributed by atoms with Crippen molar-refractivity contribution in [3.8, 4) is 0 Å². The molecule has 1 aliphatic rings. The molecule has 1 atom stereocenters. The molecule has 0 aromatic rings. The van der Waals surface area contributed by atoms with E-state index in [1.807, 2.05) is 6.08 Å². The van der Waals surface area contributed by atoms with Gasteiger partial charge in [0.05, 0.1) is 7.11 Å². The van der Waals surface area contributed by atoms with Gasteiger partial charge in [-0.2, -0.15) is 0 Å². The predicted octanol–water partition coefficient (Wildman–Crippen LogP) is 3.98. The van der Waals surface area contributed by atoms with E-state index in [9.17, 15) is 9.59 Å². The number of esters is 1. The van der Waals surface area contributed by atoms with Gasteiger partial charge in [0.2, 0.25) is 0 Å². The fourth-order valence-corrected chi connectivity index (χ4v) is 2.46. The molecule has 0 unspecified atom stereocenters. The Kier molecular flexibility index (Phi) is 7.93. The number of carbonyl (C=O) groups is 2. The first-order valence-corrected chi connectivity index (χ1v) is 7.68. The maximum Gasteiger partial charge on any atom is 0.330 e. The van der Waals surface area contributed by atoms with E-state index < -0.39 is 5.97 Å². The number of Topliss-reactive ketones (excluding diaryl/α,β-unsaturated/α-hetero) is 1. The van der Waals surface area contributed by atoms with Crippen molar-refractivity contribution >= 4 is 11.8 Å². The minimum atomic E-state index is -0.401. The van der Waals surface area contributed by atoms with Crippen molar-refractivity contribution < 1.29 is 14.3 Å². The largest absolute Gasteiger partial charge is 0.466 e. The van der Waals surface area contributed by atoms with Gasteiger partial charge in [0.1, 0.15) is 0 Å². The zero-order chi connectivity index (χ0) is 14.8. The van der Waals surface area contributed by atoms with Crippen molar-refractivity contribution in [3.63, 3.8) is 0 Å². The molecular weight excluding hydrogens is 252 g/mol. The van der Waals surface area contributed by atoms with Gasteiger partial charge in [-0.05, 0) is 24.8 Å². The summed E-state index contributed by atoms with van der Waals surface area (Å²) >= 11 is 0. The third-order valence-electron chi connectivity index (χ3n) is 3.74. The zero-order valence-corrected chi connectivity index (χ0v) is 12.7. The normalized spacial score (nSPS) is 18.6. The summed E-state index contributed by atoms with van der Waals surface area (Å²) in [7, 11) is 1.34. The number of ether oxygens (including phenoxy) is 1. The molecule has 0 aliphatic heterocycles. The maximum atomic E-state index is 12.1. The lowest BCUT2D eigenvalue weighted by molar-refractivity contribution is -0.134. The smallest absolute Gasteiger partial charge is 0.330 e. The van der Waals surface area contributed by atoms with Gasteiger partial charge in [0.25, 0.3) is 0 Å². The molecule has 0 heterocycles. The molecule has 0 bridgehead atoms. The van der Waals surface area contributed by atoms with Crippen LogP contribution in [0.2, 0.25) is 0 Å². The van der Waals surface area contributed by atoms with E-state index in [1.54, 1.807) is 6.08 Å². The Balaban J connectivity index is 2.24. The zero-order valence-electron chi connectivity index (χ0n) is 12.7. The summed E-state index contributed by atoms with van der Waals surface area (Å²) in [5.41, 5.74) is 0.944. The Morgan fingerprint density at radius 3 is 2.70 bits per heavy atom. The van der Waals surface area contributed by atoms with Crippen LogP contribution in [0.3, 0.4) is 0 Å². The van der Waals surface area contributed by atoms with Crippen LogP contribution >= 0.6 is 0 Å². The molecule has 3 nitrogen and oxygen atoms in total. The minimum Gasteiger partial charge on any atom is -0.466 e. The second kappa shape index (κ2) is 9.51. The molecule has 0 radical (unpaired) electrons. The molecule has 0 aromatic heterocycles. The Morgan fingerprint density at radius 1 is 1.30 bits per heavy atom. The predicted molar refractivity (Wildman–Crippen MR) is 80.3 cm³/mol. The van der Waals surface area contributed by atoms with Crippen molar-refractivity contribution in [3.05, 3.63) is 23.8 Å². The van der Waals surface area contributed by atoms with E-state index in [0.717, 1.165) is 24.8 Å². The molecule has 0 spiro atoms. The topological polar surface area (TPSA) is 43.4 Å². The van der Waals surface area contributed by atoms with Gasteiger partial charge >= 0.3 is 5.97 Å². The third kappa shape index (κ3) is 5.72. The molecule has 3 heteroatoms. The summed E-state index contributed by atoms with van der Waals surface area (Å²) in [6.07, 6.45) is 14.1. The van der Waals surface area contributed by atoms with Crippen LogP contribution in [0.15, 0.2) is 23.8 Å². The molecule has 0 N–H and O–H groups in total. The number of hydrogen-bond acceptors (Lipinski definition) is 3. The van der Waals surface area contributed by atoms with Crippen LogP contribution < -0.4 is 0 Å². The highest BCUT2D eigenvalue weighted by Crippen LogP contribution is 2.26. The van der Waals surface area contributed by atoms with Crippen molar-refractivity contribution in [2.45, 2.75) is 58.3 Å². The van der Waals surface area contributed by atoms with Crippen molar-refractivity contribution in [2.24, 2.45) is 5.92 Å². The Labute approximate surface area is 122 Å². The first kappa shape index (κ1) is 16.7. The lowest BCUT2D eigenvalue weighted by Gasteiger charge is -2.04. The van der Waals surface area contributed by atoms with Crippen molar-refractivity contribution in [1.29, 1.82) is 0 Å². The Bertz CT molecular complexity index is 380. The summed E-state index contributed by atoms with van der Waals surface area (Å²) in [6.45, 7) is 2.21. The van der Waals surface area contributed by atoms with E-state index in [1.165, 1.54) is 45.3 Å². The molecule has 1 rings (SSSR count). The first-order chi connectivity index (χ1) is 9.69. The third-order valence-corrected chi connectivity index (χ3v) is 3.74. The highest BCUT2D eigenvalue weighted by atomic mass is 16.5. The number of unbranched alkanes of at least 4 members (excludes halogenated alkanes) is 5. The van der Waals surface area contributed by atoms with Crippen LogP contribution in [0.1, 0.15) is 58.3 Å². The van der Waals surface area contributed by atoms with Gasteiger partial charge in [-0.1, -0.05) is 51.2 Å². The van der Waals surface area contributed by atoms with Gasteiger partial charge in [-0.15, -0.1) is 0 Å². The molecule has 0 aromatic carbocycles. The molecule has 20 heavy (non-hydrogen) atoms. The van der Waals surface area contributed by atoms with Gasteiger partial charge < -0.3 is 4.74 Å². The lowest BCUT2D eigenvalue weighted by atomic mass is 9.99. The molecule has 0 amide bonds. The molecule has 0 fully saturated rings. The van der Waals surface area contributed by atoms with Gasteiger partial charge in [0, 0.05) is 12.0 Å². The fraction of sp³-hybridized carbons (Fsp3) is 0.647. The molecule has 1 aliphatic carbocycles. The minimum absolute atomic E-state index is 0.163. The lowest BCUT2D eigenvalue weighted by Crippen LogP contribution is -2.08. The number of methoxy groups -OCH3 is 1. The second-order valence-electron chi connectivity index (χ2n) is 5.34. The number of ketones is 1. The second-order valence-corrected chi connectivity index (χ2v) is 5.34. The van der Waals surface area contributed by atoms with E-state index >= 15 is 0 Å². The van der Waals surface area contributed by atoms with Crippen LogP contribution in [0.4, 0.5) is 0 Å². The highest BCUT2D eigenvalue weighted by Gasteiger charge is 2.24. The average Bonchev–Trinajstić information content (AvgIpc) is 2.81. The summed E-state index contributed by atoms with van der Waals surface area (Å²) in [4.78, 5) is 23.1. The van der Waals surface area contributed by atoms with E-state index in [4.69, 9.17) is 0 Å². The average molecular weight is 278 g/mol. The standard InChI is InChI=1S/C17H26O3/c1-3-4-5-6-7-8-9-14-10-11-15(17(14)19)12-13-16(18)20-2/h10,12-13,15H,3-9,11H2,1-2H3/b13-12+/t15-/m1/s1. The van der Waals surface area contributed by atoms with Gasteiger partial charge in [-0.3, -0.25) is 4.79 Å². The molecule has 112 valence electrons. The van der Waals surface area contributed by atoms with Crippen LogP contribution in [0.5, 0.6) is 0 Å². The number of hydrogen-bond donors (Lipinski definition) is 0.